The second-order valence-corrected chi connectivity index (χ2v) is 2.39. The minimum atomic E-state index is 0.302. The van der Waals surface area contributed by atoms with Crippen LogP contribution in [-0.4, -0.2) is 17.8 Å². The molecule has 2 nitrogen and oxygen atoms in total. The molecular formula is C7H17NO. The van der Waals surface area contributed by atoms with Crippen molar-refractivity contribution in [3.8, 4) is 0 Å². The summed E-state index contributed by atoms with van der Waals surface area (Å²) in [5.41, 5.74) is 5.63. The van der Waals surface area contributed by atoms with Gasteiger partial charge in [0.1, 0.15) is 0 Å². The molecular weight excluding hydrogens is 114 g/mol. The summed E-state index contributed by atoms with van der Waals surface area (Å²) in [4.78, 5) is 0. The third kappa shape index (κ3) is 5.80. The number of hydrogen-bond acceptors (Lipinski definition) is 2. The average molecular weight is 131 g/mol. The van der Waals surface area contributed by atoms with Crippen LogP contribution in [0.2, 0.25) is 0 Å². The van der Waals surface area contributed by atoms with Crippen LogP contribution in [0.4, 0.5) is 0 Å². The van der Waals surface area contributed by atoms with Crippen LogP contribution in [0.25, 0.3) is 0 Å². The van der Waals surface area contributed by atoms with Gasteiger partial charge >= 0.3 is 0 Å². The topological polar surface area (TPSA) is 46.2 Å². The summed E-state index contributed by atoms with van der Waals surface area (Å²) < 4.78 is 0. The van der Waals surface area contributed by atoms with Crippen LogP contribution < -0.4 is 5.73 Å². The third-order valence-electron chi connectivity index (χ3n) is 1.51. The lowest BCUT2D eigenvalue weighted by molar-refractivity contribution is 0.281. The highest BCUT2D eigenvalue weighted by Crippen LogP contribution is 2.00. The van der Waals surface area contributed by atoms with Crippen molar-refractivity contribution >= 4 is 0 Å². The molecule has 0 aromatic heterocycles. The van der Waals surface area contributed by atoms with Gasteiger partial charge < -0.3 is 10.8 Å². The van der Waals surface area contributed by atoms with Crippen LogP contribution in [-0.2, 0) is 0 Å². The number of aliphatic hydroxyl groups is 1. The van der Waals surface area contributed by atoms with Crippen LogP contribution >= 0.6 is 0 Å². The average Bonchev–Trinajstić information content (AvgIpc) is 1.89. The van der Waals surface area contributed by atoms with E-state index in [9.17, 15) is 0 Å². The van der Waals surface area contributed by atoms with Crippen molar-refractivity contribution in [3.63, 3.8) is 0 Å². The second kappa shape index (κ2) is 6.05. The summed E-state index contributed by atoms with van der Waals surface area (Å²) >= 11 is 0. The van der Waals surface area contributed by atoms with Crippen molar-refractivity contribution in [2.75, 3.05) is 6.61 Å². The van der Waals surface area contributed by atoms with E-state index in [1.54, 1.807) is 0 Å². The van der Waals surface area contributed by atoms with Gasteiger partial charge in [-0.2, -0.15) is 0 Å². The Morgan fingerprint density at radius 2 is 2.11 bits per heavy atom. The number of nitrogens with two attached hydrogens (primary N) is 1. The minimum Gasteiger partial charge on any atom is -0.396 e. The van der Waals surface area contributed by atoms with Gasteiger partial charge in [-0.05, 0) is 25.7 Å². The molecule has 0 aromatic carbocycles. The molecule has 0 aromatic rings. The Bertz CT molecular complexity index is 56.9. The predicted octanol–water partition coefficient (Wildman–Crippen LogP) is 0.886. The first kappa shape index (κ1) is 8.92. The standard InChI is InChI=1S/C7H17NO/c1-2-7(8)5-3-4-6-9/h7,9H,2-6,8H2,1H3. The lowest BCUT2D eigenvalue weighted by Crippen LogP contribution is -2.17. The van der Waals surface area contributed by atoms with Crippen LogP contribution in [0.15, 0.2) is 0 Å². The Morgan fingerprint density at radius 3 is 2.56 bits per heavy atom. The molecule has 0 saturated carbocycles. The van der Waals surface area contributed by atoms with E-state index in [2.05, 4.69) is 6.92 Å². The summed E-state index contributed by atoms with van der Waals surface area (Å²) in [7, 11) is 0. The summed E-state index contributed by atoms with van der Waals surface area (Å²) in [6, 6.07) is 0.344. The Balaban J connectivity index is 2.88. The first-order valence-electron chi connectivity index (χ1n) is 3.67. The summed E-state index contributed by atoms with van der Waals surface area (Å²) in [6.07, 6.45) is 4.06. The zero-order chi connectivity index (χ0) is 7.11. The first-order chi connectivity index (χ1) is 4.31. The number of hydrogen-bond donors (Lipinski definition) is 2. The molecule has 0 rings (SSSR count). The van der Waals surface area contributed by atoms with E-state index < -0.39 is 0 Å². The molecule has 0 saturated heterocycles. The number of aliphatic hydroxyl groups excluding tert-OH is 1. The van der Waals surface area contributed by atoms with Gasteiger partial charge in [-0.25, -0.2) is 0 Å². The van der Waals surface area contributed by atoms with Crippen LogP contribution in [0.1, 0.15) is 32.6 Å². The van der Waals surface area contributed by atoms with Crippen LogP contribution in [0.3, 0.4) is 0 Å². The monoisotopic (exact) mass is 131 g/mol. The van der Waals surface area contributed by atoms with Crippen molar-refractivity contribution < 1.29 is 5.11 Å². The number of unbranched alkanes of at least 4 members (excludes halogenated alkanes) is 1. The van der Waals surface area contributed by atoms with Gasteiger partial charge in [-0.15, -0.1) is 0 Å². The van der Waals surface area contributed by atoms with Crippen molar-refractivity contribution in [2.24, 2.45) is 5.73 Å². The van der Waals surface area contributed by atoms with Gasteiger partial charge in [0.2, 0.25) is 0 Å². The highest BCUT2D eigenvalue weighted by molar-refractivity contribution is 4.57. The normalized spacial score (nSPS) is 13.7. The zero-order valence-corrected chi connectivity index (χ0v) is 6.14. The van der Waals surface area contributed by atoms with Crippen LogP contribution in [0.5, 0.6) is 0 Å². The van der Waals surface area contributed by atoms with Gasteiger partial charge in [0.25, 0.3) is 0 Å². The minimum absolute atomic E-state index is 0.302. The molecule has 0 aliphatic carbocycles. The first-order valence-corrected chi connectivity index (χ1v) is 3.67. The van der Waals surface area contributed by atoms with Gasteiger partial charge in [-0.1, -0.05) is 6.92 Å². The van der Waals surface area contributed by atoms with E-state index in [1.165, 1.54) is 0 Å². The smallest absolute Gasteiger partial charge is 0.0431 e. The molecule has 0 heterocycles. The quantitative estimate of drug-likeness (QED) is 0.544. The Hall–Kier alpha value is -0.0800. The Kier molecular flexibility index (Phi) is 5.99. The fourth-order valence-electron chi connectivity index (χ4n) is 0.722. The summed E-state index contributed by atoms with van der Waals surface area (Å²) in [6.45, 7) is 2.39. The van der Waals surface area contributed by atoms with E-state index in [0.717, 1.165) is 25.7 Å². The van der Waals surface area contributed by atoms with Crippen molar-refractivity contribution in [1.29, 1.82) is 0 Å². The van der Waals surface area contributed by atoms with Crippen molar-refractivity contribution in [3.05, 3.63) is 0 Å². The van der Waals surface area contributed by atoms with Gasteiger partial charge in [0.05, 0.1) is 0 Å². The molecule has 2 heteroatoms. The van der Waals surface area contributed by atoms with E-state index in [1.807, 2.05) is 0 Å². The number of rotatable bonds is 5. The van der Waals surface area contributed by atoms with Gasteiger partial charge in [0, 0.05) is 12.6 Å². The van der Waals surface area contributed by atoms with Gasteiger partial charge in [-0.3, -0.25) is 0 Å². The van der Waals surface area contributed by atoms with Crippen molar-refractivity contribution in [2.45, 2.75) is 38.6 Å². The zero-order valence-electron chi connectivity index (χ0n) is 6.14. The van der Waals surface area contributed by atoms with E-state index in [4.69, 9.17) is 10.8 Å². The Morgan fingerprint density at radius 1 is 1.44 bits per heavy atom. The fourth-order valence-corrected chi connectivity index (χ4v) is 0.722. The lowest BCUT2D eigenvalue weighted by Gasteiger charge is -2.05. The molecule has 1 unspecified atom stereocenters. The fraction of sp³-hybridized carbons (Fsp3) is 1.00. The van der Waals surface area contributed by atoms with Gasteiger partial charge in [0.15, 0.2) is 0 Å². The van der Waals surface area contributed by atoms with E-state index in [0.29, 0.717) is 12.6 Å². The summed E-state index contributed by atoms with van der Waals surface area (Å²) in [5, 5.41) is 8.41. The molecule has 0 amide bonds. The van der Waals surface area contributed by atoms with Crippen molar-refractivity contribution in [1.82, 2.24) is 0 Å². The molecule has 3 N–H and O–H groups in total. The van der Waals surface area contributed by atoms with Crippen LogP contribution in [0, 0.1) is 0 Å². The maximum Gasteiger partial charge on any atom is 0.0431 e. The van der Waals surface area contributed by atoms with E-state index >= 15 is 0 Å². The molecule has 0 radical (unpaired) electrons. The molecule has 9 heavy (non-hydrogen) atoms. The molecule has 0 aliphatic heterocycles. The molecule has 0 bridgehead atoms. The molecule has 0 aliphatic rings. The second-order valence-electron chi connectivity index (χ2n) is 2.39. The lowest BCUT2D eigenvalue weighted by atomic mass is 10.1. The molecule has 0 fully saturated rings. The predicted molar refractivity (Wildman–Crippen MR) is 39.2 cm³/mol. The maximum atomic E-state index is 8.41. The third-order valence-corrected chi connectivity index (χ3v) is 1.51. The van der Waals surface area contributed by atoms with E-state index in [-0.39, 0.29) is 0 Å². The SMILES string of the molecule is CCC(N)CCCCO. The molecule has 1 atom stereocenters. The maximum absolute atomic E-state index is 8.41. The summed E-state index contributed by atoms with van der Waals surface area (Å²) in [5.74, 6) is 0. The largest absolute Gasteiger partial charge is 0.396 e. The molecule has 0 spiro atoms. The molecule has 56 valence electrons. The highest BCUT2D eigenvalue weighted by atomic mass is 16.2. The highest BCUT2D eigenvalue weighted by Gasteiger charge is 1.96. The Labute approximate surface area is 57.1 Å².